The third kappa shape index (κ3) is 6.36. The van der Waals surface area contributed by atoms with Crippen molar-refractivity contribution in [3.63, 3.8) is 0 Å². The zero-order valence-corrected chi connectivity index (χ0v) is 18.7. The number of nitrogens with one attached hydrogen (secondary N) is 2. The Balaban J connectivity index is 2.23. The summed E-state index contributed by atoms with van der Waals surface area (Å²) in [5.74, 6) is 0.582. The number of hydrogen-bond donors (Lipinski definition) is 2. The van der Waals surface area contributed by atoms with Crippen molar-refractivity contribution in [1.82, 2.24) is 4.90 Å². The predicted octanol–water partition coefficient (Wildman–Crippen LogP) is 3.17. The first-order valence-corrected chi connectivity index (χ1v) is 11.1. The molecule has 30 heavy (non-hydrogen) atoms. The zero-order chi connectivity index (χ0) is 22.3. The van der Waals surface area contributed by atoms with E-state index < -0.39 is 10.0 Å². The van der Waals surface area contributed by atoms with Gasteiger partial charge in [0.15, 0.2) is 0 Å². The number of methoxy groups -OCH3 is 1. The highest BCUT2D eigenvalue weighted by Gasteiger charge is 2.21. The van der Waals surface area contributed by atoms with E-state index in [1.54, 1.807) is 30.3 Å². The van der Waals surface area contributed by atoms with Gasteiger partial charge in [0.05, 0.1) is 20.3 Å². The molecule has 164 valence electrons. The molecule has 0 aromatic heterocycles. The monoisotopic (exact) mass is 435 g/mol. The molecule has 0 heterocycles. The molecule has 2 N–H and O–H groups in total. The molecule has 1 amide bonds. The number of ether oxygens (including phenoxy) is 2. The number of amides is 1. The van der Waals surface area contributed by atoms with Gasteiger partial charge >= 0.3 is 0 Å². The van der Waals surface area contributed by atoms with Gasteiger partial charge in [0.25, 0.3) is 10.0 Å². The number of nitrogens with zero attached hydrogens (tertiary/aromatic N) is 1. The molecule has 0 saturated carbocycles. The molecular weight excluding hydrogens is 406 g/mol. The van der Waals surface area contributed by atoms with E-state index in [-0.39, 0.29) is 29.1 Å². The molecular formula is C21H29N3O5S. The minimum atomic E-state index is -3.95. The van der Waals surface area contributed by atoms with Gasteiger partial charge in [-0.15, -0.1) is 0 Å². The van der Waals surface area contributed by atoms with Crippen LogP contribution < -0.4 is 19.5 Å². The van der Waals surface area contributed by atoms with Crippen molar-refractivity contribution in [3.8, 4) is 11.5 Å². The lowest BCUT2D eigenvalue weighted by atomic mass is 10.3. The van der Waals surface area contributed by atoms with E-state index in [0.717, 1.165) is 0 Å². The summed E-state index contributed by atoms with van der Waals surface area (Å²) in [6.07, 6.45) is 0. The summed E-state index contributed by atoms with van der Waals surface area (Å²) in [4.78, 5) is 14.1. The molecule has 2 aromatic carbocycles. The highest BCUT2D eigenvalue weighted by Crippen LogP contribution is 2.29. The van der Waals surface area contributed by atoms with E-state index in [1.807, 2.05) is 32.7 Å². The number of likely N-dealkylation sites (N-methyl/N-ethyl adjacent to an activating group) is 1. The van der Waals surface area contributed by atoms with Gasteiger partial charge in [-0.2, -0.15) is 0 Å². The number of benzene rings is 2. The first kappa shape index (κ1) is 23.5. The second-order valence-electron chi connectivity index (χ2n) is 6.99. The maximum Gasteiger partial charge on any atom is 0.265 e. The van der Waals surface area contributed by atoms with Crippen LogP contribution >= 0.6 is 0 Å². The van der Waals surface area contributed by atoms with Crippen LogP contribution in [0.2, 0.25) is 0 Å². The highest BCUT2D eigenvalue weighted by atomic mass is 32.2. The van der Waals surface area contributed by atoms with Gasteiger partial charge in [0.1, 0.15) is 16.4 Å². The third-order valence-electron chi connectivity index (χ3n) is 4.43. The lowest BCUT2D eigenvalue weighted by Crippen LogP contribution is -2.34. The van der Waals surface area contributed by atoms with Crippen LogP contribution in [0.25, 0.3) is 0 Å². The van der Waals surface area contributed by atoms with Crippen LogP contribution in [0.4, 0.5) is 11.4 Å². The number of carbonyl (C=O) groups excluding carboxylic acids is 1. The van der Waals surface area contributed by atoms with Crippen molar-refractivity contribution in [2.45, 2.75) is 31.7 Å². The molecule has 0 saturated heterocycles. The molecule has 2 rings (SSSR count). The summed E-state index contributed by atoms with van der Waals surface area (Å²) in [5.41, 5.74) is 0.749. The second-order valence-corrected chi connectivity index (χ2v) is 8.64. The van der Waals surface area contributed by atoms with Gasteiger partial charge < -0.3 is 14.8 Å². The molecule has 8 nitrogen and oxygen atoms in total. The fraction of sp³-hybridized carbons (Fsp3) is 0.381. The molecule has 9 heteroatoms. The summed E-state index contributed by atoms with van der Waals surface area (Å²) in [7, 11) is -0.721. The number of rotatable bonds is 10. The normalized spacial score (nSPS) is 11.4. The quantitative estimate of drug-likeness (QED) is 0.595. The molecule has 0 atom stereocenters. The zero-order valence-electron chi connectivity index (χ0n) is 17.9. The van der Waals surface area contributed by atoms with Crippen molar-refractivity contribution >= 4 is 27.3 Å². The molecule has 2 aromatic rings. The van der Waals surface area contributed by atoms with Crippen LogP contribution in [-0.4, -0.2) is 52.6 Å². The molecule has 0 unspecified atom stereocenters. The maximum atomic E-state index is 13.0. The average Bonchev–Trinajstić information content (AvgIpc) is 2.69. The Morgan fingerprint density at radius 2 is 1.73 bits per heavy atom. The molecule has 0 aliphatic heterocycles. The fourth-order valence-corrected chi connectivity index (χ4v) is 3.82. The Hall–Kier alpha value is -2.78. The molecule has 0 radical (unpaired) electrons. The lowest BCUT2D eigenvalue weighted by molar-refractivity contribution is -0.117. The van der Waals surface area contributed by atoms with E-state index in [1.165, 1.54) is 19.2 Å². The molecule has 0 aliphatic carbocycles. The summed E-state index contributed by atoms with van der Waals surface area (Å²) < 4.78 is 39.0. The van der Waals surface area contributed by atoms with Crippen LogP contribution in [0.15, 0.2) is 47.4 Å². The van der Waals surface area contributed by atoms with Gasteiger partial charge in [-0.3, -0.25) is 14.4 Å². The van der Waals surface area contributed by atoms with Gasteiger partial charge in [0.2, 0.25) is 5.91 Å². The number of carbonyl (C=O) groups is 1. The predicted molar refractivity (Wildman–Crippen MR) is 118 cm³/mol. The van der Waals surface area contributed by atoms with Crippen molar-refractivity contribution in [3.05, 3.63) is 42.5 Å². The number of anilines is 2. The van der Waals surface area contributed by atoms with Crippen molar-refractivity contribution < 1.29 is 22.7 Å². The van der Waals surface area contributed by atoms with Crippen molar-refractivity contribution in [1.29, 1.82) is 0 Å². The van der Waals surface area contributed by atoms with Gasteiger partial charge in [-0.1, -0.05) is 0 Å². The Kier molecular flexibility index (Phi) is 8.08. The number of sulfonamides is 1. The minimum Gasteiger partial charge on any atom is -0.495 e. The Labute approximate surface area is 178 Å². The van der Waals surface area contributed by atoms with E-state index in [9.17, 15) is 13.2 Å². The fourth-order valence-electron chi connectivity index (χ4n) is 2.57. The smallest absolute Gasteiger partial charge is 0.265 e. The van der Waals surface area contributed by atoms with Crippen LogP contribution in [0.1, 0.15) is 20.8 Å². The maximum absolute atomic E-state index is 13.0. The summed E-state index contributed by atoms with van der Waals surface area (Å²) in [5, 5.41) is 2.73. The first-order valence-electron chi connectivity index (χ1n) is 9.60. The standard InChI is InChI=1S/C21H29N3O5S/c1-6-29-18-10-7-16(8-11-18)23-30(26,27)20-13-17(9-12-19(20)28-5)22-21(25)14-24(4)15(2)3/h7-13,15,23H,6,14H2,1-5H3,(H,22,25). The molecule has 0 bridgehead atoms. The highest BCUT2D eigenvalue weighted by molar-refractivity contribution is 7.92. The van der Waals surface area contributed by atoms with E-state index >= 15 is 0 Å². The third-order valence-corrected chi connectivity index (χ3v) is 5.83. The van der Waals surface area contributed by atoms with Crippen LogP contribution in [0.3, 0.4) is 0 Å². The second kappa shape index (κ2) is 10.3. The van der Waals surface area contributed by atoms with Gasteiger partial charge in [-0.05, 0) is 70.3 Å². The number of hydrogen-bond acceptors (Lipinski definition) is 6. The molecule has 0 spiro atoms. The lowest BCUT2D eigenvalue weighted by Gasteiger charge is -2.20. The van der Waals surface area contributed by atoms with Crippen LogP contribution in [-0.2, 0) is 14.8 Å². The summed E-state index contributed by atoms with van der Waals surface area (Å²) in [6, 6.07) is 11.3. The average molecular weight is 436 g/mol. The Bertz CT molecular complexity index is 959. The largest absolute Gasteiger partial charge is 0.495 e. The molecule has 0 fully saturated rings. The topological polar surface area (TPSA) is 97.0 Å². The van der Waals surface area contributed by atoms with Crippen LogP contribution in [0, 0.1) is 0 Å². The van der Waals surface area contributed by atoms with E-state index in [2.05, 4.69) is 10.0 Å². The Morgan fingerprint density at radius 3 is 2.30 bits per heavy atom. The van der Waals surface area contributed by atoms with Crippen molar-refractivity contribution in [2.75, 3.05) is 37.3 Å². The van der Waals surface area contributed by atoms with Gasteiger partial charge in [0, 0.05) is 17.4 Å². The summed E-state index contributed by atoms with van der Waals surface area (Å²) in [6.45, 7) is 6.55. The van der Waals surface area contributed by atoms with E-state index in [4.69, 9.17) is 9.47 Å². The minimum absolute atomic E-state index is 0.0751. The Morgan fingerprint density at radius 1 is 1.10 bits per heavy atom. The van der Waals surface area contributed by atoms with E-state index in [0.29, 0.717) is 23.7 Å². The first-order chi connectivity index (χ1) is 14.2. The van der Waals surface area contributed by atoms with Gasteiger partial charge in [-0.25, -0.2) is 8.42 Å². The molecule has 0 aliphatic rings. The summed E-state index contributed by atoms with van der Waals surface area (Å²) >= 11 is 0. The SMILES string of the molecule is CCOc1ccc(NS(=O)(=O)c2cc(NC(=O)CN(C)C(C)C)ccc2OC)cc1. The van der Waals surface area contributed by atoms with Crippen LogP contribution in [0.5, 0.6) is 11.5 Å². The van der Waals surface area contributed by atoms with Crippen molar-refractivity contribution in [2.24, 2.45) is 0 Å².